The molecule has 6 N–H and O–H groups in total. The molecule has 0 heterocycles. The van der Waals surface area contributed by atoms with Crippen LogP contribution in [0.3, 0.4) is 0 Å². The van der Waals surface area contributed by atoms with Crippen LogP contribution >= 0.6 is 0 Å². The number of anilines is 1. The first-order valence-electron chi connectivity index (χ1n) is 10.5. The summed E-state index contributed by atoms with van der Waals surface area (Å²) in [6.07, 6.45) is 0.278. The van der Waals surface area contributed by atoms with E-state index in [2.05, 4.69) is 0 Å². The van der Waals surface area contributed by atoms with E-state index in [1.165, 1.54) is 6.07 Å². The summed E-state index contributed by atoms with van der Waals surface area (Å²) in [5.74, 6) is -3.45. The highest BCUT2D eigenvalue weighted by molar-refractivity contribution is 6.14. The van der Waals surface area contributed by atoms with Crippen LogP contribution in [0, 0.1) is 11.8 Å². The van der Waals surface area contributed by atoms with Gasteiger partial charge in [-0.25, -0.2) is 0 Å². The van der Waals surface area contributed by atoms with Gasteiger partial charge in [0.1, 0.15) is 22.9 Å². The fraction of sp³-hybridized carbons (Fsp3) is 0.478. The van der Waals surface area contributed by atoms with Gasteiger partial charge in [0.2, 0.25) is 5.91 Å². The van der Waals surface area contributed by atoms with E-state index in [1.54, 1.807) is 25.1 Å². The van der Waals surface area contributed by atoms with E-state index in [9.17, 15) is 30.0 Å². The predicted octanol–water partition coefficient (Wildman–Crippen LogP) is 1.01. The van der Waals surface area contributed by atoms with Crippen LogP contribution in [0.2, 0.25) is 0 Å². The number of carbonyl (C=O) groups is 2. The first kappa shape index (κ1) is 22.2. The van der Waals surface area contributed by atoms with E-state index in [4.69, 9.17) is 5.73 Å². The number of nitrogens with zero attached hydrogens (tertiary/aromatic N) is 2. The third kappa shape index (κ3) is 2.91. The van der Waals surface area contributed by atoms with Gasteiger partial charge in [0.15, 0.2) is 5.78 Å². The maximum absolute atomic E-state index is 13.5. The maximum atomic E-state index is 13.5. The van der Waals surface area contributed by atoms with Crippen molar-refractivity contribution in [2.24, 2.45) is 17.6 Å². The minimum Gasteiger partial charge on any atom is -0.510 e. The van der Waals surface area contributed by atoms with Crippen molar-refractivity contribution >= 4 is 17.4 Å². The molecule has 0 unspecified atom stereocenters. The molecular formula is C23H29N3O6. The van der Waals surface area contributed by atoms with Crippen molar-refractivity contribution in [2.45, 2.75) is 30.9 Å². The van der Waals surface area contributed by atoms with Crippen LogP contribution in [-0.4, -0.2) is 76.9 Å². The van der Waals surface area contributed by atoms with Crippen molar-refractivity contribution in [2.75, 3.05) is 33.1 Å². The zero-order valence-corrected chi connectivity index (χ0v) is 18.6. The van der Waals surface area contributed by atoms with Gasteiger partial charge in [0.25, 0.3) is 0 Å². The number of Topliss-reactive ketones (excluding diaryl/α,β-unsaturated/α-hetero) is 1. The molecule has 0 bridgehead atoms. The summed E-state index contributed by atoms with van der Waals surface area (Å²) in [6, 6.07) is 2.42. The van der Waals surface area contributed by atoms with Crippen LogP contribution in [-0.2, 0) is 11.2 Å². The molecule has 1 aromatic carbocycles. The molecule has 1 aromatic rings. The van der Waals surface area contributed by atoms with Gasteiger partial charge in [-0.15, -0.1) is 0 Å². The number of aliphatic hydroxyl groups is 3. The van der Waals surface area contributed by atoms with Crippen LogP contribution in [0.4, 0.5) is 5.69 Å². The van der Waals surface area contributed by atoms with Gasteiger partial charge < -0.3 is 31.1 Å². The lowest BCUT2D eigenvalue weighted by atomic mass is 9.59. The summed E-state index contributed by atoms with van der Waals surface area (Å²) in [7, 11) is 7.09. The molecule has 0 saturated heterocycles. The zero-order valence-electron chi connectivity index (χ0n) is 18.6. The number of allylic oxidation sites excluding steroid dienone is 1. The summed E-state index contributed by atoms with van der Waals surface area (Å²) < 4.78 is 0. The standard InChI is InChI=1S/C23H29N3O6/c1-25(2)14-5-6-15(27)17-11(14)7-10-8-13-18(26(3)4)19(28)12(22(24)31)9-23(13,32)21(30)16(10)20(17)29/h5-6,10,13,18,27-28,30,32H,7-9H2,1-4H3,(H2,24,31)/t10-,13-,18-,23-/m0/s1. The van der Waals surface area contributed by atoms with Crippen molar-refractivity contribution < 1.29 is 30.0 Å². The van der Waals surface area contributed by atoms with Gasteiger partial charge in [-0.3, -0.25) is 14.5 Å². The summed E-state index contributed by atoms with van der Waals surface area (Å²) in [5.41, 5.74) is 4.96. The SMILES string of the molecule is CN(C)c1ccc(O)c2c1C[C@H]1C[C@H]3[C@H](N(C)C)C(O)=C(C(N)=O)C[C@@]3(O)C(O)=C1C2=O. The number of fused-ring (bicyclic) bond motifs is 3. The maximum Gasteiger partial charge on any atom is 0.248 e. The molecule has 32 heavy (non-hydrogen) atoms. The monoisotopic (exact) mass is 443 g/mol. The van der Waals surface area contributed by atoms with Gasteiger partial charge in [0, 0.05) is 37.7 Å². The number of aliphatic hydroxyl groups excluding tert-OH is 2. The number of phenolic OH excluding ortho intramolecular Hbond substituents is 1. The van der Waals surface area contributed by atoms with Gasteiger partial charge in [-0.1, -0.05) is 0 Å². The van der Waals surface area contributed by atoms with Crippen molar-refractivity contribution in [1.29, 1.82) is 0 Å². The fourth-order valence-electron chi connectivity index (χ4n) is 5.74. The Morgan fingerprint density at radius 3 is 2.38 bits per heavy atom. The molecule has 4 rings (SSSR count). The minimum atomic E-state index is -1.95. The van der Waals surface area contributed by atoms with Crippen LogP contribution in [0.1, 0.15) is 28.8 Å². The Bertz CT molecular complexity index is 1090. The average Bonchev–Trinajstić information content (AvgIpc) is 2.68. The zero-order chi connectivity index (χ0) is 23.7. The number of aromatic hydroxyl groups is 1. The quantitative estimate of drug-likeness (QED) is 0.465. The van der Waals surface area contributed by atoms with E-state index in [1.807, 2.05) is 19.0 Å². The molecule has 0 fully saturated rings. The van der Waals surface area contributed by atoms with Crippen LogP contribution < -0.4 is 10.6 Å². The second kappa shape index (κ2) is 7.25. The van der Waals surface area contributed by atoms with Crippen molar-refractivity contribution in [3.8, 4) is 5.75 Å². The number of hydrogen-bond acceptors (Lipinski definition) is 8. The largest absolute Gasteiger partial charge is 0.510 e. The second-order valence-electron chi connectivity index (χ2n) is 9.42. The number of primary amides is 1. The molecule has 0 saturated carbocycles. The van der Waals surface area contributed by atoms with Crippen LogP contribution in [0.25, 0.3) is 0 Å². The number of benzene rings is 1. The lowest BCUT2D eigenvalue weighted by Crippen LogP contribution is -2.59. The first-order chi connectivity index (χ1) is 14.9. The smallest absolute Gasteiger partial charge is 0.248 e. The number of amides is 1. The van der Waals surface area contributed by atoms with E-state index in [-0.39, 0.29) is 28.2 Å². The number of likely N-dealkylation sites (N-methyl/N-ethyl adjacent to an activating group) is 1. The number of ketones is 1. The molecule has 3 aliphatic carbocycles. The Labute approximate surface area is 186 Å². The van der Waals surface area contributed by atoms with E-state index in [0.29, 0.717) is 18.4 Å². The Kier molecular flexibility index (Phi) is 5.02. The average molecular weight is 444 g/mol. The molecule has 172 valence electrons. The molecular weight excluding hydrogens is 414 g/mol. The van der Waals surface area contributed by atoms with Crippen LogP contribution in [0.5, 0.6) is 5.75 Å². The Hall–Kier alpha value is -3.04. The molecule has 9 nitrogen and oxygen atoms in total. The summed E-state index contributed by atoms with van der Waals surface area (Å²) >= 11 is 0. The van der Waals surface area contributed by atoms with Crippen molar-refractivity contribution in [3.63, 3.8) is 0 Å². The number of rotatable bonds is 3. The molecule has 9 heteroatoms. The van der Waals surface area contributed by atoms with Gasteiger partial charge in [-0.05, 0) is 50.6 Å². The molecule has 4 atom stereocenters. The van der Waals surface area contributed by atoms with Gasteiger partial charge in [0.05, 0.1) is 17.2 Å². The molecule has 0 radical (unpaired) electrons. The molecule has 0 aliphatic heterocycles. The molecule has 0 aromatic heterocycles. The Balaban J connectivity index is 1.92. The summed E-state index contributed by atoms with van der Waals surface area (Å²) in [6.45, 7) is 0. The summed E-state index contributed by atoms with van der Waals surface area (Å²) in [5, 5.41) is 44.1. The predicted molar refractivity (Wildman–Crippen MR) is 118 cm³/mol. The number of nitrogens with two attached hydrogens (primary N) is 1. The van der Waals surface area contributed by atoms with E-state index >= 15 is 0 Å². The third-order valence-electron chi connectivity index (χ3n) is 7.17. The molecule has 1 amide bonds. The first-order valence-corrected chi connectivity index (χ1v) is 10.5. The summed E-state index contributed by atoms with van der Waals surface area (Å²) in [4.78, 5) is 29.0. The number of hydrogen-bond donors (Lipinski definition) is 5. The van der Waals surface area contributed by atoms with E-state index in [0.717, 1.165) is 5.69 Å². The number of phenols is 1. The Morgan fingerprint density at radius 2 is 1.81 bits per heavy atom. The highest BCUT2D eigenvalue weighted by Crippen LogP contribution is 2.54. The topological polar surface area (TPSA) is 148 Å². The van der Waals surface area contributed by atoms with Crippen molar-refractivity contribution in [1.82, 2.24) is 4.90 Å². The lowest BCUT2D eigenvalue weighted by Gasteiger charge is -2.51. The van der Waals surface area contributed by atoms with Gasteiger partial charge in [-0.2, -0.15) is 0 Å². The Morgan fingerprint density at radius 1 is 1.16 bits per heavy atom. The third-order valence-corrected chi connectivity index (χ3v) is 7.17. The normalized spacial score (nSPS) is 29.6. The fourth-order valence-corrected chi connectivity index (χ4v) is 5.74. The lowest BCUT2D eigenvalue weighted by molar-refractivity contribution is -0.118. The van der Waals surface area contributed by atoms with Crippen molar-refractivity contribution in [3.05, 3.63) is 45.9 Å². The highest BCUT2D eigenvalue weighted by atomic mass is 16.3. The second-order valence-corrected chi connectivity index (χ2v) is 9.42. The molecule has 3 aliphatic rings. The van der Waals surface area contributed by atoms with Crippen LogP contribution in [0.15, 0.2) is 34.8 Å². The molecule has 0 spiro atoms. The van der Waals surface area contributed by atoms with Gasteiger partial charge >= 0.3 is 0 Å². The van der Waals surface area contributed by atoms with E-state index < -0.39 is 47.3 Å². The number of carbonyl (C=O) groups excluding carboxylic acids is 2. The highest BCUT2D eigenvalue weighted by Gasteiger charge is 2.58. The minimum absolute atomic E-state index is 0.0465.